The molecule has 11 atom stereocenters. The van der Waals surface area contributed by atoms with Crippen molar-refractivity contribution in [2.45, 2.75) is 191 Å². The van der Waals surface area contributed by atoms with Gasteiger partial charge in [-0.05, 0) is 83.5 Å². The number of carbonyl (C=O) groups excluding carboxylic acids is 2. The fourth-order valence-corrected chi connectivity index (χ4v) is 7.11. The molecule has 0 aromatic heterocycles. The maximum atomic E-state index is 13.0. The van der Waals surface area contributed by atoms with Crippen LogP contribution in [-0.4, -0.2) is 142 Å². The van der Waals surface area contributed by atoms with E-state index in [2.05, 4.69) is 98.9 Å². The third-order valence-electron chi connectivity index (χ3n) is 11.3. The van der Waals surface area contributed by atoms with Gasteiger partial charge in [-0.3, -0.25) is 9.59 Å². The molecule has 2 rings (SSSR count). The number of unbranched alkanes of at least 4 members (excludes halogenated alkanes) is 6. The fourth-order valence-electron chi connectivity index (χ4n) is 7.11. The molecular formula is C56H86O15. The van der Waals surface area contributed by atoms with E-state index in [0.29, 0.717) is 12.8 Å². The van der Waals surface area contributed by atoms with E-state index in [-0.39, 0.29) is 19.4 Å². The topological polar surface area (TPSA) is 231 Å². The Morgan fingerprint density at radius 2 is 0.915 bits per heavy atom. The van der Waals surface area contributed by atoms with Crippen molar-refractivity contribution in [3.63, 3.8) is 0 Å². The van der Waals surface area contributed by atoms with Crippen LogP contribution in [0.3, 0.4) is 0 Å². The summed E-state index contributed by atoms with van der Waals surface area (Å²) < 4.78 is 33.5. The van der Waals surface area contributed by atoms with Gasteiger partial charge in [0.25, 0.3) is 0 Å². The normalized spacial score (nSPS) is 26.2. The maximum absolute atomic E-state index is 13.0. The van der Waals surface area contributed by atoms with Crippen LogP contribution in [0.4, 0.5) is 0 Å². The van der Waals surface area contributed by atoms with Gasteiger partial charge in [-0.1, -0.05) is 148 Å². The summed E-state index contributed by atoms with van der Waals surface area (Å²) in [5, 5.41) is 72.1. The van der Waals surface area contributed by atoms with Crippen molar-refractivity contribution in [3.05, 3.63) is 122 Å². The second-order valence-corrected chi connectivity index (χ2v) is 17.3. The zero-order valence-corrected chi connectivity index (χ0v) is 42.1. The van der Waals surface area contributed by atoms with Crippen LogP contribution in [0.1, 0.15) is 123 Å². The minimum atomic E-state index is -1.79. The SMILES string of the molecule is CC/C=C/C=C/C=C/C=C/CCCCCC(=O)OC(COC(=O)CCCCC/C=C/C/C=C/C/C=C/C/C=C/C/C=C/C/C=C/CC)CO[C@@H]1O[C@H](CO[C@@H]2O[C@H](CO)[C@H](O)C(O)C2O)[C@H](O)C(O)C1O. The largest absolute Gasteiger partial charge is 0.462 e. The van der Waals surface area contributed by atoms with E-state index >= 15 is 0 Å². The van der Waals surface area contributed by atoms with E-state index < -0.39 is 99.3 Å². The van der Waals surface area contributed by atoms with E-state index in [1.807, 2.05) is 36.5 Å². The Morgan fingerprint density at radius 3 is 1.46 bits per heavy atom. The molecule has 0 spiro atoms. The monoisotopic (exact) mass is 999 g/mol. The van der Waals surface area contributed by atoms with Gasteiger partial charge >= 0.3 is 11.9 Å². The molecule has 2 aliphatic rings. The molecule has 2 heterocycles. The van der Waals surface area contributed by atoms with Crippen molar-refractivity contribution >= 4 is 11.9 Å². The summed E-state index contributed by atoms with van der Waals surface area (Å²) >= 11 is 0. The minimum absolute atomic E-state index is 0.103. The van der Waals surface area contributed by atoms with Crippen LogP contribution >= 0.6 is 0 Å². The lowest BCUT2D eigenvalue weighted by atomic mass is 9.98. The van der Waals surface area contributed by atoms with Crippen LogP contribution in [0.25, 0.3) is 0 Å². The highest BCUT2D eigenvalue weighted by molar-refractivity contribution is 5.70. The van der Waals surface area contributed by atoms with E-state index in [4.69, 9.17) is 28.4 Å². The summed E-state index contributed by atoms with van der Waals surface area (Å²) in [6.07, 6.45) is 38.0. The highest BCUT2D eigenvalue weighted by atomic mass is 16.7. The van der Waals surface area contributed by atoms with Crippen molar-refractivity contribution in [2.24, 2.45) is 0 Å². The Bertz CT molecular complexity index is 1690. The first-order chi connectivity index (χ1) is 34.5. The summed E-state index contributed by atoms with van der Waals surface area (Å²) in [5.74, 6) is -1.03. The highest BCUT2D eigenvalue weighted by Crippen LogP contribution is 2.26. The zero-order valence-electron chi connectivity index (χ0n) is 42.1. The highest BCUT2D eigenvalue weighted by Gasteiger charge is 2.47. The number of allylic oxidation sites excluding steroid dienone is 20. The average Bonchev–Trinajstić information content (AvgIpc) is 3.36. The number of aliphatic hydroxyl groups excluding tert-OH is 7. The number of carbonyl (C=O) groups is 2. The molecule has 0 aromatic carbocycles. The van der Waals surface area contributed by atoms with Crippen LogP contribution in [-0.2, 0) is 38.0 Å². The van der Waals surface area contributed by atoms with E-state index in [9.17, 15) is 45.3 Å². The molecule has 2 saturated heterocycles. The molecule has 15 nitrogen and oxygen atoms in total. The maximum Gasteiger partial charge on any atom is 0.306 e. The first kappa shape index (κ1) is 63.0. The summed E-state index contributed by atoms with van der Waals surface area (Å²) in [6, 6.07) is 0. The zero-order chi connectivity index (χ0) is 51.7. The lowest BCUT2D eigenvalue weighted by molar-refractivity contribution is -0.332. The second kappa shape index (κ2) is 41.4. The van der Waals surface area contributed by atoms with Crippen molar-refractivity contribution in [3.8, 4) is 0 Å². The Kier molecular flexibility index (Phi) is 36.7. The molecule has 0 bridgehead atoms. The molecule has 0 amide bonds. The van der Waals surface area contributed by atoms with Crippen LogP contribution in [0.5, 0.6) is 0 Å². The van der Waals surface area contributed by atoms with E-state index in [1.54, 1.807) is 0 Å². The smallest absolute Gasteiger partial charge is 0.306 e. The van der Waals surface area contributed by atoms with Crippen molar-refractivity contribution in [2.75, 3.05) is 26.4 Å². The molecule has 0 aliphatic carbocycles. The third-order valence-corrected chi connectivity index (χ3v) is 11.3. The summed E-state index contributed by atoms with van der Waals surface area (Å²) in [5.41, 5.74) is 0. The van der Waals surface area contributed by atoms with Gasteiger partial charge in [0.2, 0.25) is 0 Å². The van der Waals surface area contributed by atoms with Crippen LogP contribution in [0, 0.1) is 0 Å². The Labute approximate surface area is 422 Å². The number of hydrogen-bond donors (Lipinski definition) is 7. The molecule has 7 N–H and O–H groups in total. The van der Waals surface area contributed by atoms with Gasteiger partial charge in [-0.25, -0.2) is 0 Å². The number of aliphatic hydroxyl groups is 7. The molecule has 71 heavy (non-hydrogen) atoms. The van der Waals surface area contributed by atoms with Gasteiger partial charge in [0.15, 0.2) is 18.7 Å². The summed E-state index contributed by atoms with van der Waals surface area (Å²) in [4.78, 5) is 25.7. The van der Waals surface area contributed by atoms with E-state index in [0.717, 1.165) is 83.5 Å². The quantitative estimate of drug-likeness (QED) is 0.0140. The molecule has 0 saturated carbocycles. The Morgan fingerprint density at radius 1 is 0.465 bits per heavy atom. The predicted octanol–water partition coefficient (Wildman–Crippen LogP) is 7.32. The number of rotatable bonds is 37. The van der Waals surface area contributed by atoms with Crippen molar-refractivity contribution in [1.29, 1.82) is 0 Å². The molecule has 2 fully saturated rings. The van der Waals surface area contributed by atoms with Gasteiger partial charge in [0, 0.05) is 12.8 Å². The third kappa shape index (κ3) is 29.3. The molecular weight excluding hydrogens is 913 g/mol. The fraction of sp³-hybridized carbons (Fsp3) is 0.607. The Hall–Kier alpha value is -4.10. The molecule has 2 aliphatic heterocycles. The molecule has 400 valence electrons. The van der Waals surface area contributed by atoms with Crippen LogP contribution < -0.4 is 0 Å². The van der Waals surface area contributed by atoms with Crippen LogP contribution in [0.15, 0.2) is 122 Å². The van der Waals surface area contributed by atoms with Crippen LogP contribution in [0.2, 0.25) is 0 Å². The molecule has 15 heteroatoms. The molecule has 0 radical (unpaired) electrons. The van der Waals surface area contributed by atoms with Crippen molar-refractivity contribution < 1.29 is 73.8 Å². The summed E-state index contributed by atoms with van der Waals surface area (Å²) in [6.45, 7) is 2.21. The lowest BCUT2D eigenvalue weighted by Crippen LogP contribution is -2.61. The first-order valence-corrected chi connectivity index (χ1v) is 25.7. The second-order valence-electron chi connectivity index (χ2n) is 17.3. The first-order valence-electron chi connectivity index (χ1n) is 25.7. The average molecular weight is 999 g/mol. The van der Waals surface area contributed by atoms with Crippen molar-refractivity contribution in [1.82, 2.24) is 0 Å². The van der Waals surface area contributed by atoms with Gasteiger partial charge in [-0.15, -0.1) is 0 Å². The van der Waals surface area contributed by atoms with Gasteiger partial charge in [0.05, 0.1) is 19.8 Å². The van der Waals surface area contributed by atoms with E-state index in [1.165, 1.54) is 0 Å². The standard InChI is InChI=1S/C56H86O15/c1-3-5-7-9-11-13-15-17-18-19-20-21-22-23-24-25-27-28-30-32-34-36-38-47(58)66-41-44(69-48(59)39-37-35-33-31-29-26-16-14-12-10-8-6-4-2)42-67-55-54(65)52(63)50(61)46(71-55)43-68-56-53(64)51(62)49(60)45(40-57)70-56/h5-8,10-14,16-18,20-21,23-24,26-29,44-46,49-57,60-65H,3-4,9,15,19,22,25,30-43H2,1-2H3/b7-5+,8-6+,12-10+,13-11+,16-14+,18-17+,21-20+,24-23+,28-27+,29-26+/t44?,45-,46-,49+,50+,51?,52?,53?,54?,55-,56-/m1/s1. The molecule has 0 aromatic rings. The number of ether oxygens (including phenoxy) is 6. The number of hydrogen-bond acceptors (Lipinski definition) is 15. The van der Waals surface area contributed by atoms with Gasteiger partial charge < -0.3 is 64.2 Å². The van der Waals surface area contributed by atoms with Gasteiger partial charge in [0.1, 0.15) is 55.4 Å². The van der Waals surface area contributed by atoms with Gasteiger partial charge in [-0.2, -0.15) is 0 Å². The number of esters is 2. The summed E-state index contributed by atoms with van der Waals surface area (Å²) in [7, 11) is 0. The predicted molar refractivity (Wildman–Crippen MR) is 274 cm³/mol. The Balaban J connectivity index is 1.82. The molecule has 5 unspecified atom stereocenters. The lowest BCUT2D eigenvalue weighted by Gasteiger charge is -2.42. The minimum Gasteiger partial charge on any atom is -0.462 e.